The molecule has 0 amide bonds. The monoisotopic (exact) mass is 1040 g/mol. The van der Waals surface area contributed by atoms with Crippen molar-refractivity contribution >= 4 is 71.1 Å². The van der Waals surface area contributed by atoms with Crippen LogP contribution in [0.2, 0.25) is 0 Å². The summed E-state index contributed by atoms with van der Waals surface area (Å²) in [5, 5.41) is 30.9. The molecule has 2 heterocycles. The second-order valence-electron chi connectivity index (χ2n) is 12.0. The molecule has 0 radical (unpaired) electrons. The third kappa shape index (κ3) is 14.1. The second-order valence-corrected chi connectivity index (χ2v) is 14.0. The molecule has 2 aromatic heterocycles. The van der Waals surface area contributed by atoms with E-state index < -0.39 is 24.4 Å². The molecule has 308 valence electrons. The number of non-ortho nitro benzene ring substituents is 2. The van der Waals surface area contributed by atoms with Gasteiger partial charge in [0.05, 0.1) is 20.3 Å². The Kier molecular flexibility index (Phi) is 16.8. The first kappa shape index (κ1) is 47.4. The number of hydrogen-bond acceptors (Lipinski definition) is 6. The normalized spacial score (nSPS) is 12.1. The van der Waals surface area contributed by atoms with Gasteiger partial charge >= 0.3 is 14.5 Å². The lowest BCUT2D eigenvalue weighted by atomic mass is 10.1. The van der Waals surface area contributed by atoms with Crippen LogP contribution in [0.4, 0.5) is 45.9 Å². The summed E-state index contributed by atoms with van der Waals surface area (Å²) in [6, 6.07) is 33.6. The minimum atomic E-state index is -6.00. The number of benzene rings is 4. The van der Waals surface area contributed by atoms with E-state index in [9.17, 15) is 54.8 Å². The van der Waals surface area contributed by atoms with Gasteiger partial charge in [-0.25, -0.2) is 0 Å². The molecule has 0 unspecified atom stereocenters. The highest BCUT2D eigenvalue weighted by Gasteiger charge is 2.29. The Morgan fingerprint density at radius 3 is 1.05 bits per heavy atom. The van der Waals surface area contributed by atoms with E-state index in [2.05, 4.69) is 93.7 Å². The Bertz CT molecular complexity index is 2110. The first-order chi connectivity index (χ1) is 27.0. The molecule has 0 bridgehead atoms. The van der Waals surface area contributed by atoms with Crippen LogP contribution in [0.25, 0.3) is 22.5 Å². The first-order valence-electron chi connectivity index (χ1n) is 16.6. The molecule has 6 rings (SSSR count). The molecule has 24 heteroatoms. The molecule has 0 spiro atoms. The zero-order valence-electron chi connectivity index (χ0n) is 30.7. The van der Waals surface area contributed by atoms with Crippen molar-refractivity contribution in [2.24, 2.45) is 14.1 Å². The molecular weight excluding hydrogens is 1010 g/mol. The Hall–Kier alpha value is -5.01. The third-order valence-electron chi connectivity index (χ3n) is 7.90. The average Bonchev–Trinajstić information content (AvgIpc) is 3.62. The number of aryl methyl sites for hydroxylation is 2. The van der Waals surface area contributed by atoms with Crippen LogP contribution in [-0.4, -0.2) is 44.1 Å². The van der Waals surface area contributed by atoms with E-state index in [0.29, 0.717) is 0 Å². The Labute approximate surface area is 353 Å². The number of nitrogens with zero attached hydrogens (tertiary/aromatic N) is 8. The van der Waals surface area contributed by atoms with E-state index in [1.165, 1.54) is 35.4 Å². The zero-order chi connectivity index (χ0) is 43.5. The lowest BCUT2D eigenvalue weighted by molar-refractivity contribution is -0.722. The molecule has 2 atom stereocenters. The molecule has 12 nitrogen and oxygen atoms in total. The second kappa shape index (κ2) is 20.6. The van der Waals surface area contributed by atoms with Gasteiger partial charge in [0, 0.05) is 80.6 Å². The van der Waals surface area contributed by atoms with Gasteiger partial charge in [-0.05, 0) is 49.2 Å². The summed E-state index contributed by atoms with van der Waals surface area (Å²) < 4.78 is 87.5. The largest absolute Gasteiger partial charge is 0.673 e. The van der Waals surface area contributed by atoms with Gasteiger partial charge in [-0.2, -0.15) is 0 Å². The fraction of sp³-hybridized carbons (Fsp3) is 0.176. The van der Waals surface area contributed by atoms with Crippen molar-refractivity contribution in [3.05, 3.63) is 148 Å². The lowest BCUT2D eigenvalue weighted by Crippen LogP contribution is -2.33. The maximum atomic E-state index is 10.8. The van der Waals surface area contributed by atoms with Crippen LogP contribution in [0, 0.1) is 27.6 Å². The predicted molar refractivity (Wildman–Crippen MR) is 217 cm³/mol. The minimum Gasteiger partial charge on any atom is -0.418 e. The number of nitro benzene ring substituents is 2. The van der Waals surface area contributed by atoms with Crippen molar-refractivity contribution in [2.45, 2.75) is 25.9 Å². The van der Waals surface area contributed by atoms with Crippen molar-refractivity contribution < 1.29 is 53.7 Å². The van der Waals surface area contributed by atoms with Crippen LogP contribution in [0.5, 0.6) is 0 Å². The van der Waals surface area contributed by atoms with Crippen LogP contribution < -0.4 is 9.36 Å². The fourth-order valence-electron chi connectivity index (χ4n) is 5.28. The highest BCUT2D eigenvalue weighted by atomic mass is 127. The molecular formula is C34H32B2F8I2N8O4. The molecule has 0 N–H and O–H groups in total. The SMILES string of the molecule is C[C@H](c1ccccc1)n1n[n+](C)c(-c2ccc([N+](=O)[O-])cc2)c1I.C[C@H](c1ccccc1)n1n[n+](C)c(-c2ccc([N+](=O)[O-])cc2)c1I.F[B-](F)(F)F.F[B-](F)(F)F. The molecule has 58 heavy (non-hydrogen) atoms. The first-order valence-corrected chi connectivity index (χ1v) is 18.8. The molecule has 0 aliphatic heterocycles. The number of aromatic nitrogens is 6. The number of hydrogen-bond donors (Lipinski definition) is 0. The summed E-state index contributed by atoms with van der Waals surface area (Å²) in [5.41, 5.74) is 6.20. The van der Waals surface area contributed by atoms with Crippen molar-refractivity contribution in [2.75, 3.05) is 0 Å². The maximum Gasteiger partial charge on any atom is 0.673 e. The van der Waals surface area contributed by atoms with Gasteiger partial charge in [-0.3, -0.25) is 20.2 Å². The molecule has 0 fully saturated rings. The van der Waals surface area contributed by atoms with Gasteiger partial charge in [0.25, 0.3) is 11.4 Å². The Morgan fingerprint density at radius 1 is 0.552 bits per heavy atom. The van der Waals surface area contributed by atoms with Crippen molar-refractivity contribution in [1.82, 2.24) is 19.8 Å². The molecule has 0 saturated heterocycles. The summed E-state index contributed by atoms with van der Waals surface area (Å²) in [7, 11) is -8.24. The predicted octanol–water partition coefficient (Wildman–Crippen LogP) is 9.59. The van der Waals surface area contributed by atoms with Gasteiger partial charge in [-0.1, -0.05) is 60.7 Å². The molecule has 6 aromatic rings. The van der Waals surface area contributed by atoms with E-state index in [1.54, 1.807) is 24.3 Å². The maximum absolute atomic E-state index is 10.8. The fourth-order valence-corrected chi connectivity index (χ4v) is 7.63. The number of nitro groups is 2. The smallest absolute Gasteiger partial charge is 0.418 e. The summed E-state index contributed by atoms with van der Waals surface area (Å²) in [6.45, 7) is 4.20. The van der Waals surface area contributed by atoms with Crippen molar-refractivity contribution in [3.8, 4) is 22.5 Å². The summed E-state index contributed by atoms with van der Waals surface area (Å²) >= 11 is 4.55. The quantitative estimate of drug-likeness (QED) is 0.0373. The van der Waals surface area contributed by atoms with Crippen molar-refractivity contribution in [3.63, 3.8) is 0 Å². The van der Waals surface area contributed by atoms with Gasteiger partial charge in [-0.15, -0.1) is 18.7 Å². The van der Waals surface area contributed by atoms with Crippen molar-refractivity contribution in [1.29, 1.82) is 0 Å². The summed E-state index contributed by atoms with van der Waals surface area (Å²) in [6.07, 6.45) is 0. The van der Waals surface area contributed by atoms with E-state index in [-0.39, 0.29) is 23.5 Å². The van der Waals surface area contributed by atoms with E-state index in [1.807, 2.05) is 69.2 Å². The van der Waals surface area contributed by atoms with Gasteiger partial charge in [0.1, 0.15) is 26.2 Å². The summed E-state index contributed by atoms with van der Waals surface area (Å²) in [5.74, 6) is 0. The van der Waals surface area contributed by atoms with Gasteiger partial charge in [0.2, 0.25) is 18.8 Å². The topological polar surface area (TPSA) is 130 Å². The van der Waals surface area contributed by atoms with Gasteiger partial charge in [0.15, 0.2) is 0 Å². The van der Waals surface area contributed by atoms with Crippen LogP contribution in [-0.2, 0) is 14.1 Å². The highest BCUT2D eigenvalue weighted by molar-refractivity contribution is 14.1. The third-order valence-corrected chi connectivity index (χ3v) is 9.91. The molecule has 0 saturated carbocycles. The van der Waals surface area contributed by atoms with Gasteiger partial charge < -0.3 is 34.5 Å². The zero-order valence-corrected chi connectivity index (χ0v) is 35.0. The highest BCUT2D eigenvalue weighted by Crippen LogP contribution is 2.29. The standard InChI is InChI=1S/2C17H16IN4O2.2BF4/c2*1-12(13-6-4-3-5-7-13)21-17(18)16(20(2)19-21)14-8-10-15(11-9-14)22(23)24;2*2-1(3,4)5/h2*3-12H,1-2H3;;/q2*+1;2*-1/t2*12-;;/m11../s1. The van der Waals surface area contributed by atoms with Crippen LogP contribution in [0.1, 0.15) is 37.1 Å². The van der Waals surface area contributed by atoms with E-state index >= 15 is 0 Å². The molecule has 0 aliphatic rings. The number of halogens is 10. The Balaban J connectivity index is 0.000000252. The van der Waals surface area contributed by atoms with E-state index in [4.69, 9.17) is 0 Å². The summed E-state index contributed by atoms with van der Waals surface area (Å²) in [4.78, 5) is 20.8. The van der Waals surface area contributed by atoms with Crippen LogP contribution in [0.3, 0.4) is 0 Å². The average molecular weight is 1040 g/mol. The molecule has 0 aliphatic carbocycles. The lowest BCUT2D eigenvalue weighted by Gasteiger charge is -2.06. The molecule has 4 aromatic carbocycles. The minimum absolute atomic E-state index is 0.0847. The van der Waals surface area contributed by atoms with Crippen LogP contribution >= 0.6 is 45.2 Å². The number of rotatable bonds is 8. The Morgan fingerprint density at radius 2 is 0.810 bits per heavy atom. The van der Waals surface area contributed by atoms with E-state index in [0.717, 1.165) is 29.9 Å². The van der Waals surface area contributed by atoms with Crippen LogP contribution in [0.15, 0.2) is 109 Å².